The highest BCUT2D eigenvalue weighted by atomic mass is 15.5. The van der Waals surface area contributed by atoms with Gasteiger partial charge in [-0.25, -0.2) is 0 Å². The van der Waals surface area contributed by atoms with Crippen molar-refractivity contribution in [1.82, 2.24) is 0 Å². The Labute approximate surface area is 152 Å². The number of fused-ring (bicyclic) bond motifs is 3. The molecule has 0 N–H and O–H groups in total. The van der Waals surface area contributed by atoms with Gasteiger partial charge in [-0.05, 0) is 19.8 Å². The molecule has 0 aromatic carbocycles. The van der Waals surface area contributed by atoms with Crippen LogP contribution < -0.4 is 0 Å². The van der Waals surface area contributed by atoms with Gasteiger partial charge in [-0.15, -0.1) is 0 Å². The Balaban J connectivity index is 1.40. The van der Waals surface area contributed by atoms with Crippen molar-refractivity contribution in [2.45, 2.75) is 90.9 Å². The SMILES string of the molecule is CCCCCCCCCCCCCC[N+]12CC[N+](CC)(CC1)CC2. The normalized spacial score (nSPS) is 29.2. The first-order valence-electron chi connectivity index (χ1n) is 11.4. The van der Waals surface area contributed by atoms with E-state index in [4.69, 9.17) is 0 Å². The molecule has 2 heteroatoms. The highest BCUT2D eigenvalue weighted by Gasteiger charge is 2.47. The van der Waals surface area contributed by atoms with Crippen molar-refractivity contribution in [3.8, 4) is 0 Å². The topological polar surface area (TPSA) is 0 Å². The molecule has 3 rings (SSSR count). The lowest BCUT2D eigenvalue weighted by atomic mass is 10.0. The summed E-state index contributed by atoms with van der Waals surface area (Å²) in [6, 6.07) is 0. The minimum Gasteiger partial charge on any atom is -0.310 e. The van der Waals surface area contributed by atoms with Crippen LogP contribution in [0.15, 0.2) is 0 Å². The molecule has 0 aromatic rings. The third-order valence-electron chi connectivity index (χ3n) is 7.30. The third-order valence-corrected chi connectivity index (χ3v) is 7.30. The Morgan fingerprint density at radius 1 is 0.458 bits per heavy atom. The van der Waals surface area contributed by atoms with Gasteiger partial charge in [-0.3, -0.25) is 0 Å². The minimum atomic E-state index is 1.37. The first-order valence-corrected chi connectivity index (χ1v) is 11.4. The molecule has 2 nitrogen and oxygen atoms in total. The van der Waals surface area contributed by atoms with Crippen LogP contribution in [0.25, 0.3) is 0 Å². The zero-order valence-corrected chi connectivity index (χ0v) is 17.0. The smallest absolute Gasteiger partial charge is 0.129 e. The quantitative estimate of drug-likeness (QED) is 0.295. The fourth-order valence-electron chi connectivity index (χ4n) is 5.04. The fourth-order valence-corrected chi connectivity index (χ4v) is 5.04. The zero-order chi connectivity index (χ0) is 17.1. The van der Waals surface area contributed by atoms with Gasteiger partial charge in [-0.2, -0.15) is 0 Å². The van der Waals surface area contributed by atoms with E-state index in [0.717, 1.165) is 0 Å². The molecule has 0 aliphatic carbocycles. The maximum Gasteiger partial charge on any atom is 0.129 e. The van der Waals surface area contributed by atoms with Gasteiger partial charge in [0.05, 0.1) is 13.1 Å². The molecule has 24 heavy (non-hydrogen) atoms. The molecular formula is C22H46N2+2. The Kier molecular flexibility index (Phi) is 9.11. The van der Waals surface area contributed by atoms with Crippen LogP contribution in [0.1, 0.15) is 90.9 Å². The third kappa shape index (κ3) is 6.33. The standard InChI is InChI=1S/C22H46N2/c1-3-5-6-7-8-9-10-11-12-13-14-15-16-24-20-17-23(4-2,18-21-24)19-22-24/h3-22H2,1-2H3/q+2. The number of piperazine rings is 3. The van der Waals surface area contributed by atoms with Crippen molar-refractivity contribution in [2.75, 3.05) is 52.4 Å². The molecular weight excluding hydrogens is 292 g/mol. The predicted octanol–water partition coefficient (Wildman–Crippen LogP) is 5.37. The summed E-state index contributed by atoms with van der Waals surface area (Å²) in [5.41, 5.74) is 0. The lowest BCUT2D eigenvalue weighted by Gasteiger charge is -2.55. The zero-order valence-electron chi connectivity index (χ0n) is 17.0. The average molecular weight is 339 g/mol. The number of rotatable bonds is 14. The number of hydrogen-bond donors (Lipinski definition) is 0. The molecule has 0 aromatic heterocycles. The van der Waals surface area contributed by atoms with Gasteiger partial charge in [0.15, 0.2) is 0 Å². The second-order valence-electron chi connectivity index (χ2n) is 8.95. The van der Waals surface area contributed by atoms with Gasteiger partial charge in [0, 0.05) is 0 Å². The summed E-state index contributed by atoms with van der Waals surface area (Å²) in [7, 11) is 0. The van der Waals surface area contributed by atoms with Crippen molar-refractivity contribution in [1.29, 1.82) is 0 Å². The van der Waals surface area contributed by atoms with Crippen molar-refractivity contribution in [2.24, 2.45) is 0 Å². The molecule has 3 aliphatic rings. The Morgan fingerprint density at radius 3 is 1.25 bits per heavy atom. The molecule has 0 radical (unpaired) electrons. The van der Waals surface area contributed by atoms with Gasteiger partial charge < -0.3 is 8.97 Å². The van der Waals surface area contributed by atoms with Gasteiger partial charge in [0.25, 0.3) is 0 Å². The van der Waals surface area contributed by atoms with Crippen LogP contribution in [0, 0.1) is 0 Å². The van der Waals surface area contributed by atoms with E-state index in [2.05, 4.69) is 13.8 Å². The van der Waals surface area contributed by atoms with Crippen molar-refractivity contribution < 1.29 is 8.97 Å². The lowest BCUT2D eigenvalue weighted by Crippen LogP contribution is -2.74. The molecule has 0 saturated carbocycles. The second-order valence-corrected chi connectivity index (χ2v) is 8.95. The van der Waals surface area contributed by atoms with Crippen molar-refractivity contribution in [3.63, 3.8) is 0 Å². The van der Waals surface area contributed by atoms with Crippen molar-refractivity contribution in [3.05, 3.63) is 0 Å². The lowest BCUT2D eigenvalue weighted by molar-refractivity contribution is -1.08. The summed E-state index contributed by atoms with van der Waals surface area (Å²) in [5, 5.41) is 0. The van der Waals surface area contributed by atoms with E-state index >= 15 is 0 Å². The molecule has 0 amide bonds. The number of hydrogen-bond acceptors (Lipinski definition) is 0. The van der Waals surface area contributed by atoms with E-state index in [9.17, 15) is 0 Å². The van der Waals surface area contributed by atoms with E-state index in [0.29, 0.717) is 0 Å². The van der Waals surface area contributed by atoms with E-state index in [-0.39, 0.29) is 0 Å². The molecule has 3 fully saturated rings. The Bertz CT molecular complexity index is 301. The molecule has 3 heterocycles. The highest BCUT2D eigenvalue weighted by Crippen LogP contribution is 2.27. The summed E-state index contributed by atoms with van der Waals surface area (Å²) in [6.45, 7) is 16.4. The predicted molar refractivity (Wildman–Crippen MR) is 106 cm³/mol. The van der Waals surface area contributed by atoms with E-state index in [1.807, 2.05) is 0 Å². The molecule has 3 aliphatic heterocycles. The maximum atomic E-state index is 2.40. The van der Waals surface area contributed by atoms with E-state index in [1.165, 1.54) is 138 Å². The molecule has 142 valence electrons. The molecule has 2 bridgehead atoms. The monoisotopic (exact) mass is 338 g/mol. The molecule has 0 atom stereocenters. The summed E-state index contributed by atoms with van der Waals surface area (Å²) in [5.74, 6) is 0. The number of quaternary nitrogens is 2. The van der Waals surface area contributed by atoms with Crippen LogP contribution in [-0.4, -0.2) is 61.3 Å². The number of nitrogens with zero attached hydrogens (tertiary/aromatic N) is 2. The highest BCUT2D eigenvalue weighted by molar-refractivity contribution is 4.61. The van der Waals surface area contributed by atoms with Gasteiger partial charge >= 0.3 is 0 Å². The van der Waals surface area contributed by atoms with Crippen LogP contribution in [-0.2, 0) is 0 Å². The summed E-state index contributed by atoms with van der Waals surface area (Å²) in [6.07, 6.45) is 17.7. The van der Waals surface area contributed by atoms with E-state index < -0.39 is 0 Å². The summed E-state index contributed by atoms with van der Waals surface area (Å²) in [4.78, 5) is 0. The maximum absolute atomic E-state index is 2.40. The molecule has 0 spiro atoms. The van der Waals surface area contributed by atoms with Crippen LogP contribution in [0.2, 0.25) is 0 Å². The Hall–Kier alpha value is -0.0800. The van der Waals surface area contributed by atoms with Crippen LogP contribution >= 0.6 is 0 Å². The molecule has 0 unspecified atom stereocenters. The second kappa shape index (κ2) is 10.8. The number of likely N-dealkylation sites (N-methyl/N-ethyl adjacent to an activating group) is 1. The van der Waals surface area contributed by atoms with Gasteiger partial charge in [0.2, 0.25) is 0 Å². The van der Waals surface area contributed by atoms with Gasteiger partial charge in [-0.1, -0.05) is 71.1 Å². The number of unbranched alkanes of at least 4 members (excludes halogenated alkanes) is 11. The van der Waals surface area contributed by atoms with Crippen LogP contribution in [0.5, 0.6) is 0 Å². The van der Waals surface area contributed by atoms with Crippen molar-refractivity contribution >= 4 is 0 Å². The van der Waals surface area contributed by atoms with Gasteiger partial charge in [0.1, 0.15) is 39.3 Å². The molecule has 3 saturated heterocycles. The summed E-state index contributed by atoms with van der Waals surface area (Å²) < 4.78 is 2.93. The first kappa shape index (κ1) is 20.2. The Morgan fingerprint density at radius 2 is 0.833 bits per heavy atom. The average Bonchev–Trinajstić information content (AvgIpc) is 2.64. The van der Waals surface area contributed by atoms with E-state index in [1.54, 1.807) is 0 Å². The summed E-state index contributed by atoms with van der Waals surface area (Å²) >= 11 is 0. The first-order chi connectivity index (χ1) is 11.7. The fraction of sp³-hybridized carbons (Fsp3) is 1.00. The van der Waals surface area contributed by atoms with Crippen LogP contribution in [0.4, 0.5) is 0 Å². The van der Waals surface area contributed by atoms with Crippen LogP contribution in [0.3, 0.4) is 0 Å². The minimum absolute atomic E-state index is 1.37. The largest absolute Gasteiger partial charge is 0.310 e.